The first-order chi connectivity index (χ1) is 14.4. The van der Waals surface area contributed by atoms with Crippen molar-refractivity contribution in [2.75, 3.05) is 20.2 Å². The van der Waals surface area contributed by atoms with Crippen LogP contribution in [0.5, 0.6) is 5.75 Å². The molecule has 0 aliphatic carbocycles. The molecule has 7 heteroatoms. The number of carbonyl (C=O) groups excluding carboxylic acids is 1. The number of sulfonamides is 1. The molecule has 30 heavy (non-hydrogen) atoms. The first-order valence-electron chi connectivity index (χ1n) is 10.4. The predicted molar refractivity (Wildman–Crippen MR) is 117 cm³/mol. The molecule has 2 aromatic carbocycles. The molecular weight excluding hydrogens is 400 g/mol. The van der Waals surface area contributed by atoms with E-state index in [-0.39, 0.29) is 16.6 Å². The van der Waals surface area contributed by atoms with Crippen LogP contribution in [0.1, 0.15) is 36.8 Å². The van der Waals surface area contributed by atoms with Gasteiger partial charge in [0.1, 0.15) is 16.7 Å². The molecule has 1 N–H and O–H groups in total. The van der Waals surface area contributed by atoms with Crippen molar-refractivity contribution < 1.29 is 17.9 Å². The van der Waals surface area contributed by atoms with E-state index in [4.69, 9.17) is 4.74 Å². The van der Waals surface area contributed by atoms with Crippen molar-refractivity contribution in [3.8, 4) is 5.75 Å². The zero-order valence-electron chi connectivity index (χ0n) is 17.6. The van der Waals surface area contributed by atoms with E-state index in [0.717, 1.165) is 36.8 Å². The molecule has 3 rings (SSSR count). The smallest absolute Gasteiger partial charge is 0.244 e. The molecule has 1 fully saturated rings. The average Bonchev–Trinajstić information content (AvgIpc) is 3.03. The number of hydrogen-bond acceptors (Lipinski definition) is 4. The Bertz CT molecular complexity index is 952. The second-order valence-corrected chi connectivity index (χ2v) is 9.44. The highest BCUT2D eigenvalue weighted by molar-refractivity contribution is 7.89. The molecule has 0 bridgehead atoms. The number of amides is 1. The predicted octanol–water partition coefficient (Wildman–Crippen LogP) is 3.30. The topological polar surface area (TPSA) is 75.7 Å². The number of rotatable bonds is 7. The first-order valence-corrected chi connectivity index (χ1v) is 11.9. The van der Waals surface area contributed by atoms with Gasteiger partial charge in [0.05, 0.1) is 7.11 Å². The Kier molecular flexibility index (Phi) is 7.50. The zero-order chi connectivity index (χ0) is 21.6. The van der Waals surface area contributed by atoms with Crippen LogP contribution in [0, 0.1) is 6.92 Å². The van der Waals surface area contributed by atoms with Crippen LogP contribution in [0.25, 0.3) is 0 Å². The monoisotopic (exact) mass is 430 g/mol. The van der Waals surface area contributed by atoms with E-state index < -0.39 is 16.1 Å². The molecule has 1 aliphatic rings. The zero-order valence-corrected chi connectivity index (χ0v) is 18.5. The molecular formula is C23H30N2O4S. The summed E-state index contributed by atoms with van der Waals surface area (Å²) in [5.74, 6) is 0.0877. The minimum Gasteiger partial charge on any atom is -0.495 e. The highest BCUT2D eigenvalue weighted by Gasteiger charge is 2.31. The van der Waals surface area contributed by atoms with Crippen molar-refractivity contribution in [3.05, 3.63) is 59.7 Å². The summed E-state index contributed by atoms with van der Waals surface area (Å²) in [6.45, 7) is 3.15. The van der Waals surface area contributed by atoms with Crippen LogP contribution >= 0.6 is 0 Å². The number of carbonyl (C=O) groups is 1. The number of nitrogens with one attached hydrogen (secondary N) is 1. The van der Waals surface area contributed by atoms with E-state index in [0.29, 0.717) is 19.5 Å². The van der Waals surface area contributed by atoms with E-state index in [9.17, 15) is 13.2 Å². The number of likely N-dealkylation sites (tertiary alicyclic amines) is 1. The number of ether oxygens (including phenoxy) is 1. The molecule has 0 unspecified atom stereocenters. The van der Waals surface area contributed by atoms with Gasteiger partial charge in [0, 0.05) is 13.1 Å². The van der Waals surface area contributed by atoms with E-state index in [2.05, 4.69) is 4.72 Å². The summed E-state index contributed by atoms with van der Waals surface area (Å²) in [6.07, 6.45) is 4.38. The number of benzene rings is 2. The molecule has 162 valence electrons. The van der Waals surface area contributed by atoms with Crippen molar-refractivity contribution in [2.45, 2.75) is 50.0 Å². The lowest BCUT2D eigenvalue weighted by Gasteiger charge is -2.27. The van der Waals surface area contributed by atoms with Gasteiger partial charge in [0.2, 0.25) is 15.9 Å². The van der Waals surface area contributed by atoms with E-state index in [1.807, 2.05) is 37.3 Å². The Morgan fingerprint density at radius 1 is 1.07 bits per heavy atom. The van der Waals surface area contributed by atoms with Gasteiger partial charge in [-0.3, -0.25) is 4.79 Å². The fraction of sp³-hybridized carbons (Fsp3) is 0.435. The average molecular weight is 431 g/mol. The summed E-state index contributed by atoms with van der Waals surface area (Å²) >= 11 is 0. The summed E-state index contributed by atoms with van der Waals surface area (Å²) in [6, 6.07) is 13.6. The molecule has 0 aromatic heterocycles. The van der Waals surface area contributed by atoms with Crippen LogP contribution in [-0.4, -0.2) is 45.5 Å². The Balaban J connectivity index is 1.91. The lowest BCUT2D eigenvalue weighted by Crippen LogP contribution is -2.50. The van der Waals surface area contributed by atoms with Crippen LogP contribution in [-0.2, 0) is 21.2 Å². The summed E-state index contributed by atoms with van der Waals surface area (Å²) in [4.78, 5) is 15.2. The van der Waals surface area contributed by atoms with E-state index in [1.165, 1.54) is 7.11 Å². The third kappa shape index (κ3) is 5.61. The van der Waals surface area contributed by atoms with Gasteiger partial charge in [0.15, 0.2) is 0 Å². The van der Waals surface area contributed by atoms with Crippen LogP contribution in [0.2, 0.25) is 0 Å². The van der Waals surface area contributed by atoms with Crippen LogP contribution < -0.4 is 9.46 Å². The van der Waals surface area contributed by atoms with Gasteiger partial charge in [-0.2, -0.15) is 4.72 Å². The van der Waals surface area contributed by atoms with Gasteiger partial charge >= 0.3 is 0 Å². The van der Waals surface area contributed by atoms with Gasteiger partial charge in [-0.1, -0.05) is 49.2 Å². The second-order valence-electron chi connectivity index (χ2n) is 7.76. The molecule has 1 aliphatic heterocycles. The third-order valence-corrected chi connectivity index (χ3v) is 6.90. The van der Waals surface area contributed by atoms with Crippen LogP contribution in [0.4, 0.5) is 0 Å². The highest BCUT2D eigenvalue weighted by Crippen LogP contribution is 2.25. The quantitative estimate of drug-likeness (QED) is 0.731. The van der Waals surface area contributed by atoms with Crippen molar-refractivity contribution in [1.82, 2.24) is 9.62 Å². The fourth-order valence-corrected chi connectivity index (χ4v) is 5.23. The maximum Gasteiger partial charge on any atom is 0.244 e. The molecule has 0 spiro atoms. The normalized spacial score (nSPS) is 16.0. The van der Waals surface area contributed by atoms with Crippen molar-refractivity contribution >= 4 is 15.9 Å². The molecule has 6 nitrogen and oxygen atoms in total. The van der Waals surface area contributed by atoms with Gasteiger partial charge in [-0.25, -0.2) is 8.42 Å². The largest absolute Gasteiger partial charge is 0.495 e. The molecule has 1 saturated heterocycles. The SMILES string of the molecule is COc1ccc(C)cc1S(=O)(=O)N[C@@H](Cc1ccccc1)C(=O)N1CCCCCC1. The number of aryl methyl sites for hydroxylation is 1. The Morgan fingerprint density at radius 3 is 2.37 bits per heavy atom. The standard InChI is InChI=1S/C23H30N2O4S/c1-18-12-13-21(29-2)22(16-18)30(27,28)24-20(17-19-10-6-5-7-11-19)23(26)25-14-8-3-4-9-15-25/h5-7,10-13,16,20,24H,3-4,8-9,14-15,17H2,1-2H3/t20-/m0/s1. The van der Waals surface area contributed by atoms with Gasteiger partial charge in [-0.05, 0) is 49.4 Å². The summed E-state index contributed by atoms with van der Waals surface area (Å²) in [5, 5.41) is 0. The number of methoxy groups -OCH3 is 1. The fourth-order valence-electron chi connectivity index (χ4n) is 3.79. The lowest BCUT2D eigenvalue weighted by atomic mass is 10.1. The maximum atomic E-state index is 13.4. The highest BCUT2D eigenvalue weighted by atomic mass is 32.2. The van der Waals surface area contributed by atoms with Gasteiger partial charge in [-0.15, -0.1) is 0 Å². The van der Waals surface area contributed by atoms with Gasteiger partial charge < -0.3 is 9.64 Å². The second kappa shape index (κ2) is 10.1. The Morgan fingerprint density at radius 2 is 1.73 bits per heavy atom. The minimum atomic E-state index is -3.96. The summed E-state index contributed by atoms with van der Waals surface area (Å²) < 4.78 is 34.5. The van der Waals surface area contributed by atoms with Crippen molar-refractivity contribution in [2.24, 2.45) is 0 Å². The molecule has 1 atom stereocenters. The van der Waals surface area contributed by atoms with Crippen LogP contribution in [0.3, 0.4) is 0 Å². The van der Waals surface area contributed by atoms with Crippen molar-refractivity contribution in [3.63, 3.8) is 0 Å². The van der Waals surface area contributed by atoms with Gasteiger partial charge in [0.25, 0.3) is 0 Å². The van der Waals surface area contributed by atoms with E-state index >= 15 is 0 Å². The maximum absolute atomic E-state index is 13.4. The van der Waals surface area contributed by atoms with E-state index in [1.54, 1.807) is 23.1 Å². The molecule has 0 radical (unpaired) electrons. The minimum absolute atomic E-state index is 0.0479. The first kappa shape index (κ1) is 22.3. The molecule has 1 heterocycles. The number of hydrogen-bond donors (Lipinski definition) is 1. The molecule has 2 aromatic rings. The molecule has 0 saturated carbocycles. The number of nitrogens with zero attached hydrogens (tertiary/aromatic N) is 1. The summed E-state index contributed by atoms with van der Waals surface area (Å²) in [7, 11) is -2.52. The van der Waals surface area contributed by atoms with Crippen LogP contribution in [0.15, 0.2) is 53.4 Å². The third-order valence-electron chi connectivity index (χ3n) is 5.40. The Labute approximate surface area is 179 Å². The Hall–Kier alpha value is -2.38. The molecule has 1 amide bonds. The lowest BCUT2D eigenvalue weighted by molar-refractivity contribution is -0.132. The summed E-state index contributed by atoms with van der Waals surface area (Å²) in [5.41, 5.74) is 1.71. The van der Waals surface area contributed by atoms with Crippen molar-refractivity contribution in [1.29, 1.82) is 0 Å².